The van der Waals surface area contributed by atoms with Gasteiger partial charge in [-0.15, -0.1) is 0 Å². The SMILES string of the molecule is O=C(Nc1ccc(Cl)c(S(=O)(=O)N2CCOCC2)c1)c1cnc(Cl)c(Cl)c1. The van der Waals surface area contributed by atoms with Gasteiger partial charge >= 0.3 is 0 Å². The van der Waals surface area contributed by atoms with Gasteiger partial charge in [0.1, 0.15) is 10.0 Å². The van der Waals surface area contributed by atoms with Gasteiger partial charge in [-0.25, -0.2) is 13.4 Å². The molecule has 0 saturated carbocycles. The van der Waals surface area contributed by atoms with Gasteiger partial charge in [0, 0.05) is 25.0 Å². The molecule has 1 aliphatic heterocycles. The molecule has 0 unspecified atom stereocenters. The predicted molar refractivity (Wildman–Crippen MR) is 103 cm³/mol. The van der Waals surface area contributed by atoms with E-state index in [1.165, 1.54) is 34.8 Å². The van der Waals surface area contributed by atoms with Crippen molar-refractivity contribution >= 4 is 56.4 Å². The van der Waals surface area contributed by atoms with E-state index in [0.29, 0.717) is 13.2 Å². The van der Waals surface area contributed by atoms with Gasteiger partial charge < -0.3 is 10.1 Å². The molecular weight excluding hydrogens is 437 g/mol. The highest BCUT2D eigenvalue weighted by atomic mass is 35.5. The molecule has 1 aromatic heterocycles. The van der Waals surface area contributed by atoms with Gasteiger partial charge in [0.2, 0.25) is 10.0 Å². The molecule has 0 atom stereocenters. The maximum absolute atomic E-state index is 12.8. The number of benzene rings is 1. The van der Waals surface area contributed by atoms with E-state index >= 15 is 0 Å². The molecule has 0 spiro atoms. The van der Waals surface area contributed by atoms with Crippen LogP contribution in [0.15, 0.2) is 35.4 Å². The number of pyridine rings is 1. The molecule has 1 aromatic carbocycles. The number of ether oxygens (including phenoxy) is 1. The van der Waals surface area contributed by atoms with Crippen LogP contribution in [0.3, 0.4) is 0 Å². The van der Waals surface area contributed by atoms with Crippen molar-refractivity contribution in [3.05, 3.63) is 51.2 Å². The maximum Gasteiger partial charge on any atom is 0.257 e. The Morgan fingerprint density at radius 3 is 2.48 bits per heavy atom. The van der Waals surface area contributed by atoms with Crippen molar-refractivity contribution in [2.45, 2.75) is 4.90 Å². The zero-order valence-electron chi connectivity index (χ0n) is 13.8. The molecule has 11 heteroatoms. The van der Waals surface area contributed by atoms with Crippen molar-refractivity contribution in [1.82, 2.24) is 9.29 Å². The van der Waals surface area contributed by atoms with Crippen LogP contribution in [-0.4, -0.2) is 49.9 Å². The Balaban J connectivity index is 1.86. The molecule has 0 bridgehead atoms. The third-order valence-corrected chi connectivity index (χ3v) is 6.90. The first-order valence-electron chi connectivity index (χ1n) is 7.79. The lowest BCUT2D eigenvalue weighted by Gasteiger charge is -2.26. The monoisotopic (exact) mass is 449 g/mol. The van der Waals surface area contributed by atoms with E-state index < -0.39 is 15.9 Å². The van der Waals surface area contributed by atoms with E-state index in [2.05, 4.69) is 10.3 Å². The van der Waals surface area contributed by atoms with Crippen LogP contribution in [0, 0.1) is 0 Å². The molecule has 1 N–H and O–H groups in total. The molecule has 7 nitrogen and oxygen atoms in total. The third-order valence-electron chi connectivity index (χ3n) is 3.84. The first kappa shape index (κ1) is 20.3. The number of aromatic nitrogens is 1. The van der Waals surface area contributed by atoms with Crippen LogP contribution in [-0.2, 0) is 14.8 Å². The number of nitrogens with one attached hydrogen (secondary N) is 1. The van der Waals surface area contributed by atoms with Crippen molar-refractivity contribution in [3.8, 4) is 0 Å². The number of hydrogen-bond acceptors (Lipinski definition) is 5. The number of hydrogen-bond donors (Lipinski definition) is 1. The Hall–Kier alpha value is -1.42. The molecule has 3 rings (SSSR count). The van der Waals surface area contributed by atoms with E-state index in [9.17, 15) is 13.2 Å². The van der Waals surface area contributed by atoms with E-state index in [-0.39, 0.29) is 44.4 Å². The second kappa shape index (κ2) is 8.30. The van der Waals surface area contributed by atoms with Crippen molar-refractivity contribution < 1.29 is 17.9 Å². The van der Waals surface area contributed by atoms with Crippen LogP contribution in [0.5, 0.6) is 0 Å². The number of rotatable bonds is 4. The molecule has 0 radical (unpaired) electrons. The fraction of sp³-hybridized carbons (Fsp3) is 0.250. The molecule has 0 aliphatic carbocycles. The van der Waals surface area contributed by atoms with Crippen molar-refractivity contribution in [1.29, 1.82) is 0 Å². The normalized spacial score (nSPS) is 15.5. The zero-order chi connectivity index (χ0) is 19.6. The van der Waals surface area contributed by atoms with E-state index in [0.717, 1.165) is 0 Å². The summed E-state index contributed by atoms with van der Waals surface area (Å²) in [6.45, 7) is 1.11. The average Bonchev–Trinajstić information content (AvgIpc) is 2.66. The second-order valence-electron chi connectivity index (χ2n) is 5.61. The van der Waals surface area contributed by atoms with Crippen molar-refractivity contribution in [3.63, 3.8) is 0 Å². The van der Waals surface area contributed by atoms with Crippen LogP contribution in [0.25, 0.3) is 0 Å². The number of anilines is 1. The van der Waals surface area contributed by atoms with Crippen molar-refractivity contribution in [2.75, 3.05) is 31.6 Å². The number of amides is 1. The minimum Gasteiger partial charge on any atom is -0.379 e. The lowest BCUT2D eigenvalue weighted by atomic mass is 10.2. The maximum atomic E-state index is 12.8. The fourth-order valence-electron chi connectivity index (χ4n) is 2.45. The molecule has 2 aromatic rings. The van der Waals surface area contributed by atoms with Crippen LogP contribution in [0.2, 0.25) is 15.2 Å². The Morgan fingerprint density at radius 1 is 1.11 bits per heavy atom. The van der Waals surface area contributed by atoms with E-state index in [1.54, 1.807) is 0 Å². The summed E-state index contributed by atoms with van der Waals surface area (Å²) in [4.78, 5) is 16.1. The molecule has 27 heavy (non-hydrogen) atoms. The largest absolute Gasteiger partial charge is 0.379 e. The molecule has 144 valence electrons. The molecular formula is C16H14Cl3N3O4S. The Kier molecular flexibility index (Phi) is 6.25. The number of carbonyl (C=O) groups excluding carboxylic acids is 1. The number of morpholine rings is 1. The molecule has 2 heterocycles. The average molecular weight is 451 g/mol. The highest BCUT2D eigenvalue weighted by molar-refractivity contribution is 7.89. The summed E-state index contributed by atoms with van der Waals surface area (Å²) in [5, 5.41) is 2.88. The lowest BCUT2D eigenvalue weighted by Crippen LogP contribution is -2.40. The van der Waals surface area contributed by atoms with Crippen LogP contribution in [0.4, 0.5) is 5.69 Å². The summed E-state index contributed by atoms with van der Waals surface area (Å²) < 4.78 is 32.1. The smallest absolute Gasteiger partial charge is 0.257 e. The number of carbonyl (C=O) groups is 1. The van der Waals surface area contributed by atoms with E-state index in [1.807, 2.05) is 0 Å². The standard InChI is InChI=1S/C16H14Cl3N3O4S/c17-12-2-1-11(21-16(23)10-7-13(18)15(19)20-9-10)8-14(12)27(24,25)22-3-5-26-6-4-22/h1-2,7-9H,3-6H2,(H,21,23). The van der Waals surface area contributed by atoms with Crippen LogP contribution < -0.4 is 5.32 Å². The van der Waals surface area contributed by atoms with Gasteiger partial charge in [-0.1, -0.05) is 34.8 Å². The van der Waals surface area contributed by atoms with Gasteiger partial charge in [0.25, 0.3) is 5.91 Å². The first-order chi connectivity index (χ1) is 12.8. The van der Waals surface area contributed by atoms with Crippen LogP contribution >= 0.6 is 34.8 Å². The molecule has 1 fully saturated rings. The first-order valence-corrected chi connectivity index (χ1v) is 10.4. The third kappa shape index (κ3) is 4.53. The highest BCUT2D eigenvalue weighted by Crippen LogP contribution is 2.29. The zero-order valence-corrected chi connectivity index (χ0v) is 16.9. The summed E-state index contributed by atoms with van der Waals surface area (Å²) in [5.41, 5.74) is 0.444. The van der Waals surface area contributed by atoms with E-state index in [4.69, 9.17) is 39.5 Å². The molecule has 1 aliphatic rings. The predicted octanol–water partition coefficient (Wildman–Crippen LogP) is 3.32. The highest BCUT2D eigenvalue weighted by Gasteiger charge is 2.28. The van der Waals surface area contributed by atoms with Gasteiger partial charge in [-0.05, 0) is 24.3 Å². The summed E-state index contributed by atoms with van der Waals surface area (Å²) >= 11 is 17.7. The number of nitrogens with zero attached hydrogens (tertiary/aromatic N) is 2. The fourth-order valence-corrected chi connectivity index (χ4v) is 4.63. The second-order valence-corrected chi connectivity index (χ2v) is 8.69. The lowest BCUT2D eigenvalue weighted by molar-refractivity contribution is 0.0730. The Labute approximate surface area is 171 Å². The summed E-state index contributed by atoms with van der Waals surface area (Å²) in [6.07, 6.45) is 1.27. The van der Waals surface area contributed by atoms with Gasteiger partial charge in [-0.2, -0.15) is 4.31 Å². The van der Waals surface area contributed by atoms with Gasteiger partial charge in [0.05, 0.1) is 28.8 Å². The van der Waals surface area contributed by atoms with Crippen molar-refractivity contribution in [2.24, 2.45) is 0 Å². The summed E-state index contributed by atoms with van der Waals surface area (Å²) in [5.74, 6) is -0.516. The minimum absolute atomic E-state index is 0.0655. The Bertz CT molecular complexity index is 979. The Morgan fingerprint density at radius 2 is 1.81 bits per heavy atom. The molecule has 1 saturated heterocycles. The minimum atomic E-state index is -3.81. The number of halogens is 3. The topological polar surface area (TPSA) is 88.6 Å². The quantitative estimate of drug-likeness (QED) is 0.722. The number of sulfonamides is 1. The van der Waals surface area contributed by atoms with Gasteiger partial charge in [-0.3, -0.25) is 4.79 Å². The molecule has 1 amide bonds. The summed E-state index contributed by atoms with van der Waals surface area (Å²) in [7, 11) is -3.81. The summed E-state index contributed by atoms with van der Waals surface area (Å²) in [6, 6.07) is 5.60. The van der Waals surface area contributed by atoms with Gasteiger partial charge in [0.15, 0.2) is 0 Å². The van der Waals surface area contributed by atoms with Crippen LogP contribution in [0.1, 0.15) is 10.4 Å².